The van der Waals surface area contributed by atoms with E-state index in [2.05, 4.69) is 33.2 Å². The van der Waals surface area contributed by atoms with Crippen molar-refractivity contribution in [2.24, 2.45) is 0 Å². The average molecular weight is 396 g/mol. The van der Waals surface area contributed by atoms with Gasteiger partial charge in [0.15, 0.2) is 0 Å². The Hall–Kier alpha value is -2.09. The second-order valence-electron chi connectivity index (χ2n) is 4.41. The van der Waals surface area contributed by atoms with Crippen molar-refractivity contribution < 1.29 is 14.7 Å². The minimum atomic E-state index is -0.762. The minimum absolute atomic E-state index is 0.105. The van der Waals surface area contributed by atoms with E-state index < -0.39 is 11.8 Å². The average Bonchev–Trinajstić information content (AvgIpc) is 2.44. The molecule has 0 atom stereocenters. The van der Waals surface area contributed by atoms with Gasteiger partial charge in [-0.05, 0) is 77.5 Å². The summed E-state index contributed by atoms with van der Waals surface area (Å²) in [5.41, 5.74) is 1.71. The lowest BCUT2D eigenvalue weighted by molar-refractivity contribution is -0.133. The molecule has 0 aliphatic heterocycles. The molecule has 0 aromatic heterocycles. The molecule has 2 amide bonds. The number of amides is 2. The van der Waals surface area contributed by atoms with Gasteiger partial charge < -0.3 is 15.7 Å². The molecule has 2 aromatic carbocycles. The Morgan fingerprint density at radius 3 is 2.24 bits per heavy atom. The van der Waals surface area contributed by atoms with Crippen LogP contribution in [0.1, 0.15) is 5.56 Å². The van der Waals surface area contributed by atoms with E-state index in [1.54, 1.807) is 25.1 Å². The van der Waals surface area contributed by atoms with E-state index in [9.17, 15) is 14.7 Å². The van der Waals surface area contributed by atoms with E-state index >= 15 is 0 Å². The van der Waals surface area contributed by atoms with Crippen LogP contribution in [-0.4, -0.2) is 16.9 Å². The molecule has 21 heavy (non-hydrogen) atoms. The Morgan fingerprint density at radius 1 is 1.00 bits per heavy atom. The first-order valence-corrected chi connectivity index (χ1v) is 7.21. The number of rotatable bonds is 2. The fourth-order valence-electron chi connectivity index (χ4n) is 1.69. The number of phenolic OH excluding ortho intramolecular Hbond substituents is 1. The highest BCUT2D eigenvalue weighted by Gasteiger charge is 2.15. The number of aryl methyl sites for hydroxylation is 1. The molecule has 0 saturated carbocycles. The van der Waals surface area contributed by atoms with Gasteiger partial charge in [0.2, 0.25) is 0 Å². The monoisotopic (exact) mass is 396 g/mol. The summed E-state index contributed by atoms with van der Waals surface area (Å²) in [6.45, 7) is 1.73. The summed E-state index contributed by atoms with van der Waals surface area (Å²) >= 11 is 2.15. The summed E-state index contributed by atoms with van der Waals surface area (Å²) in [4.78, 5) is 23.6. The first-order chi connectivity index (χ1) is 9.95. The second-order valence-corrected chi connectivity index (χ2v) is 5.66. The number of carbonyl (C=O) groups excluding carboxylic acids is 2. The summed E-state index contributed by atoms with van der Waals surface area (Å²) in [6, 6.07) is 11.6. The molecule has 0 bridgehead atoms. The van der Waals surface area contributed by atoms with Crippen molar-refractivity contribution in [2.45, 2.75) is 6.92 Å². The molecular weight excluding hydrogens is 383 g/mol. The molecule has 6 heteroatoms. The molecule has 0 heterocycles. The van der Waals surface area contributed by atoms with Crippen LogP contribution >= 0.6 is 22.6 Å². The van der Waals surface area contributed by atoms with Crippen molar-refractivity contribution in [3.8, 4) is 5.75 Å². The standard InChI is InChI=1S/C15H13IN2O3/c1-9-8-12(19)6-7-13(9)18-15(21)14(20)17-11-4-2-10(16)3-5-11/h2-8,19H,1H3,(H,17,20)(H,18,21). The number of anilines is 2. The van der Waals surface area contributed by atoms with Crippen LogP contribution in [0.3, 0.4) is 0 Å². The van der Waals surface area contributed by atoms with Gasteiger partial charge in [-0.2, -0.15) is 0 Å². The largest absolute Gasteiger partial charge is 0.508 e. The van der Waals surface area contributed by atoms with Crippen molar-refractivity contribution in [1.29, 1.82) is 0 Å². The van der Waals surface area contributed by atoms with E-state index in [-0.39, 0.29) is 5.75 Å². The lowest BCUT2D eigenvalue weighted by atomic mass is 10.2. The second kappa shape index (κ2) is 6.57. The van der Waals surface area contributed by atoms with Gasteiger partial charge in [0, 0.05) is 14.9 Å². The van der Waals surface area contributed by atoms with Crippen LogP contribution in [0.5, 0.6) is 5.75 Å². The smallest absolute Gasteiger partial charge is 0.314 e. The zero-order valence-corrected chi connectivity index (χ0v) is 13.3. The van der Waals surface area contributed by atoms with E-state index in [0.717, 1.165) is 3.57 Å². The van der Waals surface area contributed by atoms with Crippen LogP contribution in [0.25, 0.3) is 0 Å². The SMILES string of the molecule is Cc1cc(O)ccc1NC(=O)C(=O)Nc1ccc(I)cc1. The zero-order valence-electron chi connectivity index (χ0n) is 11.2. The first kappa shape index (κ1) is 15.3. The van der Waals surface area contributed by atoms with Crippen molar-refractivity contribution in [1.82, 2.24) is 0 Å². The van der Waals surface area contributed by atoms with Gasteiger partial charge in [0.1, 0.15) is 5.75 Å². The summed E-state index contributed by atoms with van der Waals surface area (Å²) < 4.78 is 1.04. The maximum absolute atomic E-state index is 11.8. The van der Waals surface area contributed by atoms with E-state index in [4.69, 9.17) is 0 Å². The number of aromatic hydroxyl groups is 1. The number of carbonyl (C=O) groups is 2. The van der Waals surface area contributed by atoms with Gasteiger partial charge >= 0.3 is 11.8 Å². The molecule has 3 N–H and O–H groups in total. The maximum Gasteiger partial charge on any atom is 0.314 e. The van der Waals surface area contributed by atoms with Crippen LogP contribution in [-0.2, 0) is 9.59 Å². The fraction of sp³-hybridized carbons (Fsp3) is 0.0667. The Balaban J connectivity index is 2.02. The lowest BCUT2D eigenvalue weighted by Gasteiger charge is -2.09. The predicted octanol–water partition coefficient (Wildman–Crippen LogP) is 2.88. The summed E-state index contributed by atoms with van der Waals surface area (Å²) in [5.74, 6) is -1.40. The van der Waals surface area contributed by atoms with Gasteiger partial charge in [-0.1, -0.05) is 0 Å². The number of phenols is 1. The third-order valence-corrected chi connectivity index (χ3v) is 3.49. The zero-order chi connectivity index (χ0) is 15.4. The molecule has 0 radical (unpaired) electrons. The van der Waals surface area contributed by atoms with E-state index in [1.165, 1.54) is 12.1 Å². The molecule has 0 aliphatic rings. The van der Waals surface area contributed by atoms with Gasteiger partial charge in [0.25, 0.3) is 0 Å². The number of hydrogen-bond acceptors (Lipinski definition) is 3. The molecule has 2 rings (SSSR count). The Labute approximate surface area is 135 Å². The van der Waals surface area contributed by atoms with E-state index in [1.807, 2.05) is 12.1 Å². The third kappa shape index (κ3) is 4.19. The predicted molar refractivity (Wildman–Crippen MR) is 89.3 cm³/mol. The van der Waals surface area contributed by atoms with E-state index in [0.29, 0.717) is 16.9 Å². The van der Waals surface area contributed by atoms with Crippen LogP contribution in [0.4, 0.5) is 11.4 Å². The normalized spacial score (nSPS) is 10.0. The summed E-state index contributed by atoms with van der Waals surface area (Å²) in [6.07, 6.45) is 0. The third-order valence-electron chi connectivity index (χ3n) is 2.77. The number of hydrogen-bond donors (Lipinski definition) is 3. The van der Waals surface area contributed by atoms with Crippen molar-refractivity contribution >= 4 is 45.8 Å². The number of halogens is 1. The molecule has 2 aromatic rings. The van der Waals surface area contributed by atoms with Gasteiger partial charge in [0.05, 0.1) is 0 Å². The Morgan fingerprint density at radius 2 is 1.62 bits per heavy atom. The van der Waals surface area contributed by atoms with Crippen LogP contribution in [0, 0.1) is 10.5 Å². The fourth-order valence-corrected chi connectivity index (χ4v) is 2.05. The summed E-state index contributed by atoms with van der Waals surface area (Å²) in [5, 5.41) is 14.3. The number of benzene rings is 2. The van der Waals surface area contributed by atoms with Crippen molar-refractivity contribution in [3.63, 3.8) is 0 Å². The highest BCUT2D eigenvalue weighted by atomic mass is 127. The topological polar surface area (TPSA) is 78.4 Å². The maximum atomic E-state index is 11.8. The molecule has 5 nitrogen and oxygen atoms in total. The van der Waals surface area contributed by atoms with Gasteiger partial charge in [-0.15, -0.1) is 0 Å². The van der Waals surface area contributed by atoms with Crippen molar-refractivity contribution in [2.75, 3.05) is 10.6 Å². The van der Waals surface area contributed by atoms with Gasteiger partial charge in [-0.25, -0.2) is 0 Å². The van der Waals surface area contributed by atoms with Crippen LogP contribution in [0.15, 0.2) is 42.5 Å². The highest BCUT2D eigenvalue weighted by molar-refractivity contribution is 14.1. The first-order valence-electron chi connectivity index (χ1n) is 6.13. The summed E-state index contributed by atoms with van der Waals surface area (Å²) in [7, 11) is 0. The quantitative estimate of drug-likeness (QED) is 0.415. The molecule has 108 valence electrons. The number of nitrogens with one attached hydrogen (secondary N) is 2. The Kier molecular flexibility index (Phi) is 4.79. The van der Waals surface area contributed by atoms with Gasteiger partial charge in [-0.3, -0.25) is 9.59 Å². The molecule has 0 saturated heterocycles. The van der Waals surface area contributed by atoms with Crippen LogP contribution < -0.4 is 10.6 Å². The van der Waals surface area contributed by atoms with Crippen molar-refractivity contribution in [3.05, 3.63) is 51.6 Å². The molecule has 0 spiro atoms. The molecule has 0 unspecified atom stereocenters. The highest BCUT2D eigenvalue weighted by Crippen LogP contribution is 2.20. The lowest BCUT2D eigenvalue weighted by Crippen LogP contribution is -2.29. The molecule has 0 aliphatic carbocycles. The Bertz CT molecular complexity index is 684. The molecule has 0 fully saturated rings. The molecular formula is C15H13IN2O3. The van der Waals surface area contributed by atoms with Crippen LogP contribution in [0.2, 0.25) is 0 Å². The minimum Gasteiger partial charge on any atom is -0.508 e.